The van der Waals surface area contributed by atoms with E-state index < -0.39 is 11.6 Å². The van der Waals surface area contributed by atoms with Gasteiger partial charge in [0.05, 0.1) is 12.2 Å². The van der Waals surface area contributed by atoms with Gasteiger partial charge in [-0.3, -0.25) is 4.79 Å². The standard InChI is InChI=1S/C23H20F2N6O/c24-19-8-7-17(10-20(19)25)31-21-6-2-5-18(21)22(29-31)23(32)27-11-15-3-1-4-16(9-15)12-30-14-26-13-28-30/h1,3-4,7-10,13-14H,2,5-6,11-12H2,(H,27,32). The molecule has 2 aromatic heterocycles. The fourth-order valence-electron chi connectivity index (χ4n) is 4.06. The van der Waals surface area contributed by atoms with Crippen LogP contribution >= 0.6 is 0 Å². The van der Waals surface area contributed by atoms with Gasteiger partial charge < -0.3 is 5.32 Å². The van der Waals surface area contributed by atoms with Crippen molar-refractivity contribution < 1.29 is 13.6 Å². The highest BCUT2D eigenvalue weighted by atomic mass is 19.2. The number of carbonyl (C=O) groups is 1. The third-order valence-electron chi connectivity index (χ3n) is 5.55. The number of rotatable bonds is 6. The number of aromatic nitrogens is 5. The Morgan fingerprint density at radius 2 is 1.94 bits per heavy atom. The zero-order valence-corrected chi connectivity index (χ0v) is 17.1. The highest BCUT2D eigenvalue weighted by molar-refractivity contribution is 5.94. The summed E-state index contributed by atoms with van der Waals surface area (Å²) in [5, 5.41) is 11.5. The van der Waals surface area contributed by atoms with Crippen molar-refractivity contribution in [3.8, 4) is 5.69 Å². The SMILES string of the molecule is O=C(NCc1cccc(Cn2cncn2)c1)c1nn(-c2ccc(F)c(F)c2)c2c1CCC2. The minimum atomic E-state index is -0.943. The number of hydrogen-bond acceptors (Lipinski definition) is 4. The number of benzene rings is 2. The van der Waals surface area contributed by atoms with Gasteiger partial charge in [0, 0.05) is 23.9 Å². The molecule has 2 aromatic carbocycles. The Labute approximate surface area is 182 Å². The summed E-state index contributed by atoms with van der Waals surface area (Å²) >= 11 is 0. The molecule has 7 nitrogen and oxygen atoms in total. The molecule has 1 amide bonds. The number of hydrogen-bond donors (Lipinski definition) is 1. The van der Waals surface area contributed by atoms with E-state index in [1.807, 2.05) is 24.3 Å². The molecule has 5 rings (SSSR count). The first-order chi connectivity index (χ1) is 15.6. The third-order valence-corrected chi connectivity index (χ3v) is 5.55. The molecule has 9 heteroatoms. The second-order valence-corrected chi connectivity index (χ2v) is 7.73. The summed E-state index contributed by atoms with van der Waals surface area (Å²) in [6.45, 7) is 0.935. The van der Waals surface area contributed by atoms with Crippen molar-refractivity contribution in [2.45, 2.75) is 32.4 Å². The van der Waals surface area contributed by atoms with Crippen LogP contribution in [0, 0.1) is 11.6 Å². The van der Waals surface area contributed by atoms with Crippen molar-refractivity contribution >= 4 is 5.91 Å². The van der Waals surface area contributed by atoms with E-state index in [4.69, 9.17) is 0 Å². The van der Waals surface area contributed by atoms with E-state index in [1.54, 1.807) is 15.7 Å². The molecular weight excluding hydrogens is 414 g/mol. The number of carbonyl (C=O) groups excluding carboxylic acids is 1. The molecule has 1 aliphatic carbocycles. The molecule has 0 aliphatic heterocycles. The second kappa shape index (κ2) is 8.33. The number of halogens is 2. The topological polar surface area (TPSA) is 77.6 Å². The Kier molecular flexibility index (Phi) is 5.22. The lowest BCUT2D eigenvalue weighted by atomic mass is 10.1. The van der Waals surface area contributed by atoms with Crippen molar-refractivity contribution in [3.05, 3.63) is 94.8 Å². The Morgan fingerprint density at radius 3 is 2.75 bits per heavy atom. The summed E-state index contributed by atoms with van der Waals surface area (Å²) in [5.74, 6) is -2.14. The zero-order chi connectivity index (χ0) is 22.1. The molecule has 0 saturated heterocycles. The van der Waals surface area contributed by atoms with Crippen LogP contribution in [0.1, 0.15) is 39.3 Å². The molecular formula is C23H20F2N6O. The molecule has 32 heavy (non-hydrogen) atoms. The zero-order valence-electron chi connectivity index (χ0n) is 17.1. The minimum absolute atomic E-state index is 0.286. The maximum Gasteiger partial charge on any atom is 0.272 e. The molecule has 0 saturated carbocycles. The lowest BCUT2D eigenvalue weighted by Crippen LogP contribution is -2.24. The molecule has 0 spiro atoms. The lowest BCUT2D eigenvalue weighted by Gasteiger charge is -2.08. The van der Waals surface area contributed by atoms with Crippen molar-refractivity contribution in [2.75, 3.05) is 0 Å². The maximum absolute atomic E-state index is 13.7. The van der Waals surface area contributed by atoms with Gasteiger partial charge in [0.1, 0.15) is 12.7 Å². The minimum Gasteiger partial charge on any atom is -0.347 e. The molecule has 1 N–H and O–H groups in total. The molecule has 0 unspecified atom stereocenters. The largest absolute Gasteiger partial charge is 0.347 e. The van der Waals surface area contributed by atoms with Gasteiger partial charge >= 0.3 is 0 Å². The van der Waals surface area contributed by atoms with Gasteiger partial charge in [-0.2, -0.15) is 10.2 Å². The van der Waals surface area contributed by atoms with E-state index in [2.05, 4.69) is 20.5 Å². The van der Waals surface area contributed by atoms with E-state index in [1.165, 1.54) is 12.4 Å². The molecule has 0 fully saturated rings. The van der Waals surface area contributed by atoms with Crippen molar-refractivity contribution in [2.24, 2.45) is 0 Å². The molecule has 1 aliphatic rings. The van der Waals surface area contributed by atoms with Crippen LogP contribution in [0.25, 0.3) is 5.69 Å². The average Bonchev–Trinajstić information content (AvgIpc) is 3.53. The first-order valence-electron chi connectivity index (χ1n) is 10.3. The van der Waals surface area contributed by atoms with Crippen LogP contribution in [-0.4, -0.2) is 30.5 Å². The van der Waals surface area contributed by atoms with Crippen LogP contribution in [-0.2, 0) is 25.9 Å². The average molecular weight is 434 g/mol. The van der Waals surface area contributed by atoms with Gasteiger partial charge in [-0.15, -0.1) is 0 Å². The Balaban J connectivity index is 1.34. The van der Waals surface area contributed by atoms with Crippen LogP contribution in [0.5, 0.6) is 0 Å². The highest BCUT2D eigenvalue weighted by Crippen LogP contribution is 2.28. The van der Waals surface area contributed by atoms with E-state index in [0.717, 1.165) is 53.8 Å². The first-order valence-corrected chi connectivity index (χ1v) is 10.3. The van der Waals surface area contributed by atoms with Crippen molar-refractivity contribution in [1.29, 1.82) is 0 Å². The summed E-state index contributed by atoms with van der Waals surface area (Å²) in [4.78, 5) is 16.9. The fourth-order valence-corrected chi connectivity index (χ4v) is 4.06. The van der Waals surface area contributed by atoms with Gasteiger partial charge in [-0.1, -0.05) is 24.3 Å². The molecule has 4 aromatic rings. The fraction of sp³-hybridized carbons (Fsp3) is 0.217. The predicted molar refractivity (Wildman–Crippen MR) is 112 cm³/mol. The molecule has 0 radical (unpaired) electrons. The van der Waals surface area contributed by atoms with Crippen LogP contribution < -0.4 is 5.32 Å². The first kappa shape index (κ1) is 20.0. The van der Waals surface area contributed by atoms with Gasteiger partial charge in [0.25, 0.3) is 5.91 Å². The summed E-state index contributed by atoms with van der Waals surface area (Å²) < 4.78 is 30.4. The maximum atomic E-state index is 13.7. The Morgan fingerprint density at radius 1 is 1.06 bits per heavy atom. The number of nitrogens with zero attached hydrogens (tertiary/aromatic N) is 5. The lowest BCUT2D eigenvalue weighted by molar-refractivity contribution is 0.0944. The van der Waals surface area contributed by atoms with Gasteiger partial charge in [0.15, 0.2) is 17.3 Å². The van der Waals surface area contributed by atoms with Crippen LogP contribution in [0.15, 0.2) is 55.1 Å². The van der Waals surface area contributed by atoms with E-state index in [0.29, 0.717) is 24.5 Å². The van der Waals surface area contributed by atoms with Gasteiger partial charge in [0.2, 0.25) is 0 Å². The van der Waals surface area contributed by atoms with Crippen molar-refractivity contribution in [3.63, 3.8) is 0 Å². The van der Waals surface area contributed by atoms with E-state index in [-0.39, 0.29) is 5.91 Å². The summed E-state index contributed by atoms with van der Waals surface area (Å²) in [6, 6.07) is 11.5. The predicted octanol–water partition coefficient (Wildman–Crippen LogP) is 3.21. The summed E-state index contributed by atoms with van der Waals surface area (Å²) in [6.07, 6.45) is 5.50. The van der Waals surface area contributed by atoms with Gasteiger partial charge in [-0.05, 0) is 42.5 Å². The molecule has 0 bridgehead atoms. The van der Waals surface area contributed by atoms with Crippen LogP contribution in [0.3, 0.4) is 0 Å². The van der Waals surface area contributed by atoms with Crippen molar-refractivity contribution in [1.82, 2.24) is 29.9 Å². The normalized spacial score (nSPS) is 12.7. The summed E-state index contributed by atoms with van der Waals surface area (Å²) in [7, 11) is 0. The number of amides is 1. The smallest absolute Gasteiger partial charge is 0.272 e. The number of nitrogens with one attached hydrogen (secondary N) is 1. The van der Waals surface area contributed by atoms with Crippen LogP contribution in [0.4, 0.5) is 8.78 Å². The highest BCUT2D eigenvalue weighted by Gasteiger charge is 2.27. The van der Waals surface area contributed by atoms with Gasteiger partial charge in [-0.25, -0.2) is 23.1 Å². The molecule has 2 heterocycles. The second-order valence-electron chi connectivity index (χ2n) is 7.73. The Hall–Kier alpha value is -3.88. The quantitative estimate of drug-likeness (QED) is 0.506. The van der Waals surface area contributed by atoms with Crippen LogP contribution in [0.2, 0.25) is 0 Å². The van der Waals surface area contributed by atoms with E-state index >= 15 is 0 Å². The Bertz CT molecular complexity index is 1280. The molecule has 162 valence electrons. The third kappa shape index (κ3) is 3.89. The summed E-state index contributed by atoms with van der Waals surface area (Å²) in [5.41, 5.74) is 4.48. The molecule has 0 atom stereocenters. The number of fused-ring (bicyclic) bond motifs is 1. The van der Waals surface area contributed by atoms with E-state index in [9.17, 15) is 13.6 Å². The monoisotopic (exact) mass is 434 g/mol.